The van der Waals surface area contributed by atoms with Gasteiger partial charge in [-0.15, -0.1) is 0 Å². The van der Waals surface area contributed by atoms with Crippen LogP contribution in [0.15, 0.2) is 60.7 Å². The molecule has 0 bridgehead atoms. The van der Waals surface area contributed by atoms with Crippen molar-refractivity contribution in [1.29, 1.82) is 0 Å². The second kappa shape index (κ2) is 8.05. The first-order valence-electron chi connectivity index (χ1n) is 10.3. The molecule has 0 unspecified atom stereocenters. The number of hydrogen-bond acceptors (Lipinski definition) is 5. The van der Waals surface area contributed by atoms with E-state index in [4.69, 9.17) is 18.9 Å². The first-order valence-corrected chi connectivity index (χ1v) is 10.3. The van der Waals surface area contributed by atoms with E-state index in [1.165, 1.54) is 0 Å². The van der Waals surface area contributed by atoms with Gasteiger partial charge in [-0.1, -0.05) is 6.07 Å². The molecule has 0 saturated carbocycles. The molecule has 0 radical (unpaired) electrons. The summed E-state index contributed by atoms with van der Waals surface area (Å²) in [5.41, 5.74) is 5.33. The molecule has 0 aliphatic carbocycles. The number of carbonyl (C=O) groups is 1. The van der Waals surface area contributed by atoms with Gasteiger partial charge in [-0.25, -0.2) is 0 Å². The predicted molar refractivity (Wildman–Crippen MR) is 122 cm³/mol. The molecule has 3 aromatic carbocycles. The number of methoxy groups -OCH3 is 3. The second-order valence-corrected chi connectivity index (χ2v) is 7.62. The summed E-state index contributed by atoms with van der Waals surface area (Å²) in [5.74, 6) is 2.13. The molecule has 6 heteroatoms. The van der Waals surface area contributed by atoms with Gasteiger partial charge in [0.1, 0.15) is 17.2 Å². The number of rotatable bonds is 7. The largest absolute Gasteiger partial charge is 0.497 e. The summed E-state index contributed by atoms with van der Waals surface area (Å²) in [4.78, 5) is 13.8. The monoisotopic (exact) mass is 429 g/mol. The molecule has 6 nitrogen and oxygen atoms in total. The van der Waals surface area contributed by atoms with Crippen LogP contribution in [0.25, 0.3) is 22.2 Å². The van der Waals surface area contributed by atoms with Crippen molar-refractivity contribution in [2.24, 2.45) is 0 Å². The van der Waals surface area contributed by atoms with Gasteiger partial charge in [0.2, 0.25) is 0 Å². The van der Waals surface area contributed by atoms with E-state index in [-0.39, 0.29) is 12.6 Å². The molecule has 0 fully saturated rings. The number of nitrogens with zero attached hydrogens (tertiary/aromatic N) is 1. The third-order valence-corrected chi connectivity index (χ3v) is 5.86. The molecule has 0 amide bonds. The third kappa shape index (κ3) is 3.20. The van der Waals surface area contributed by atoms with Crippen LogP contribution < -0.4 is 14.2 Å². The molecule has 4 aromatic rings. The van der Waals surface area contributed by atoms with Crippen LogP contribution in [0.2, 0.25) is 0 Å². The van der Waals surface area contributed by atoms with Gasteiger partial charge in [-0.2, -0.15) is 0 Å². The van der Waals surface area contributed by atoms with Crippen LogP contribution >= 0.6 is 0 Å². The molecule has 1 aliphatic heterocycles. The zero-order chi connectivity index (χ0) is 22.2. The standard InChI is InChI=1S/C26H23NO5/c1-29-15-32-18-7-4-16(5-8-18)26(28)24-21-11-10-20(31-3)13-23(21)27-14-17-6-9-19(30-2)12-22(17)25(24)27/h4-13H,14-15H2,1-3H3. The molecule has 2 heterocycles. The predicted octanol–water partition coefficient (Wildman–Crippen LogP) is 4.90. The van der Waals surface area contributed by atoms with Crippen LogP contribution in [0.1, 0.15) is 21.5 Å². The Morgan fingerprint density at radius 1 is 0.875 bits per heavy atom. The molecule has 1 aliphatic rings. The van der Waals surface area contributed by atoms with E-state index in [2.05, 4.69) is 10.6 Å². The molecule has 32 heavy (non-hydrogen) atoms. The van der Waals surface area contributed by atoms with Gasteiger partial charge in [0.15, 0.2) is 12.6 Å². The first kappa shape index (κ1) is 20.2. The summed E-state index contributed by atoms with van der Waals surface area (Å²) in [6.45, 7) is 0.848. The number of fused-ring (bicyclic) bond motifs is 5. The molecule has 5 rings (SSSR count). The Morgan fingerprint density at radius 2 is 1.56 bits per heavy atom. The van der Waals surface area contributed by atoms with E-state index in [1.54, 1.807) is 45.6 Å². The van der Waals surface area contributed by atoms with Crippen LogP contribution in [-0.2, 0) is 11.3 Å². The molecular formula is C26H23NO5. The van der Waals surface area contributed by atoms with E-state index in [9.17, 15) is 4.79 Å². The van der Waals surface area contributed by atoms with Crippen LogP contribution in [0.3, 0.4) is 0 Å². The summed E-state index contributed by atoms with van der Waals surface area (Å²) in [6.07, 6.45) is 0. The van der Waals surface area contributed by atoms with E-state index in [1.807, 2.05) is 30.3 Å². The van der Waals surface area contributed by atoms with Crippen molar-refractivity contribution in [2.45, 2.75) is 6.54 Å². The highest BCUT2D eigenvalue weighted by Crippen LogP contribution is 2.44. The highest BCUT2D eigenvalue weighted by molar-refractivity contribution is 6.21. The number of ether oxygens (including phenoxy) is 4. The average molecular weight is 429 g/mol. The highest BCUT2D eigenvalue weighted by Gasteiger charge is 2.30. The van der Waals surface area contributed by atoms with Crippen molar-refractivity contribution >= 4 is 16.7 Å². The van der Waals surface area contributed by atoms with E-state index in [0.29, 0.717) is 23.4 Å². The van der Waals surface area contributed by atoms with Crippen LogP contribution in [-0.4, -0.2) is 38.5 Å². The number of carbonyl (C=O) groups excluding carboxylic acids is 1. The van der Waals surface area contributed by atoms with E-state index < -0.39 is 0 Å². The molecule has 0 atom stereocenters. The van der Waals surface area contributed by atoms with Crippen molar-refractivity contribution in [3.05, 3.63) is 77.4 Å². The van der Waals surface area contributed by atoms with Gasteiger partial charge >= 0.3 is 0 Å². The Balaban J connectivity index is 1.68. The van der Waals surface area contributed by atoms with Crippen LogP contribution in [0, 0.1) is 0 Å². The molecule has 0 N–H and O–H groups in total. The SMILES string of the molecule is COCOc1ccc(C(=O)c2c3n(c4cc(OC)ccc24)Cc2ccc(OC)cc2-3)cc1. The highest BCUT2D eigenvalue weighted by atomic mass is 16.7. The van der Waals surface area contributed by atoms with Gasteiger partial charge in [0.05, 0.1) is 31.0 Å². The van der Waals surface area contributed by atoms with Crippen molar-refractivity contribution in [3.63, 3.8) is 0 Å². The van der Waals surface area contributed by atoms with Crippen molar-refractivity contribution in [3.8, 4) is 28.5 Å². The van der Waals surface area contributed by atoms with Gasteiger partial charge in [-0.3, -0.25) is 4.79 Å². The maximum atomic E-state index is 13.8. The Bertz CT molecular complexity index is 1320. The van der Waals surface area contributed by atoms with Crippen molar-refractivity contribution in [2.75, 3.05) is 28.1 Å². The maximum Gasteiger partial charge on any atom is 0.195 e. The number of benzene rings is 3. The van der Waals surface area contributed by atoms with Crippen molar-refractivity contribution in [1.82, 2.24) is 4.57 Å². The summed E-state index contributed by atoms with van der Waals surface area (Å²) in [7, 11) is 4.86. The summed E-state index contributed by atoms with van der Waals surface area (Å²) < 4.78 is 23.5. The Kier molecular flexibility index (Phi) is 5.07. The number of ketones is 1. The Morgan fingerprint density at radius 3 is 2.28 bits per heavy atom. The third-order valence-electron chi connectivity index (χ3n) is 5.86. The Hall–Kier alpha value is -3.77. The summed E-state index contributed by atoms with van der Waals surface area (Å²) in [6, 6.07) is 19.0. The minimum Gasteiger partial charge on any atom is -0.497 e. The zero-order valence-corrected chi connectivity index (χ0v) is 18.2. The van der Waals surface area contributed by atoms with E-state index in [0.717, 1.165) is 39.2 Å². The minimum absolute atomic E-state index is 0.0390. The van der Waals surface area contributed by atoms with Gasteiger partial charge in [0.25, 0.3) is 0 Å². The summed E-state index contributed by atoms with van der Waals surface area (Å²) >= 11 is 0. The lowest BCUT2D eigenvalue weighted by Gasteiger charge is -2.08. The minimum atomic E-state index is -0.0390. The molecule has 0 saturated heterocycles. The van der Waals surface area contributed by atoms with Crippen LogP contribution in [0.4, 0.5) is 0 Å². The molecular weight excluding hydrogens is 406 g/mol. The van der Waals surface area contributed by atoms with E-state index >= 15 is 0 Å². The van der Waals surface area contributed by atoms with Crippen LogP contribution in [0.5, 0.6) is 17.2 Å². The average Bonchev–Trinajstić information content (AvgIpc) is 3.36. The number of aromatic nitrogens is 1. The smallest absolute Gasteiger partial charge is 0.195 e. The zero-order valence-electron chi connectivity index (χ0n) is 18.2. The lowest BCUT2D eigenvalue weighted by Crippen LogP contribution is -2.04. The molecule has 162 valence electrons. The first-order chi connectivity index (χ1) is 15.6. The normalized spacial score (nSPS) is 11.8. The fraction of sp³-hybridized carbons (Fsp3) is 0.192. The fourth-order valence-corrected chi connectivity index (χ4v) is 4.32. The topological polar surface area (TPSA) is 58.9 Å². The van der Waals surface area contributed by atoms with Gasteiger partial charge in [0, 0.05) is 36.2 Å². The van der Waals surface area contributed by atoms with Crippen molar-refractivity contribution < 1.29 is 23.7 Å². The molecule has 0 spiro atoms. The quantitative estimate of drug-likeness (QED) is 0.272. The lowest BCUT2D eigenvalue weighted by molar-refractivity contribution is 0.0511. The molecule has 1 aromatic heterocycles. The van der Waals surface area contributed by atoms with Gasteiger partial charge in [-0.05, 0) is 54.1 Å². The van der Waals surface area contributed by atoms with Gasteiger partial charge < -0.3 is 23.5 Å². The summed E-state index contributed by atoms with van der Waals surface area (Å²) in [5, 5.41) is 0.902. The second-order valence-electron chi connectivity index (χ2n) is 7.62. The fourth-order valence-electron chi connectivity index (χ4n) is 4.32. The maximum absolute atomic E-state index is 13.8. The Labute approximate surface area is 185 Å². The lowest BCUT2D eigenvalue weighted by atomic mass is 9.96. The number of hydrogen-bond donors (Lipinski definition) is 0.